The molecule has 1 saturated heterocycles. The van der Waals surface area contributed by atoms with Crippen LogP contribution in [0.15, 0.2) is 29.1 Å². The van der Waals surface area contributed by atoms with Crippen molar-refractivity contribution in [2.24, 2.45) is 0 Å². The smallest absolute Gasteiger partial charge is 0.269 e. The minimum Gasteiger partial charge on any atom is -0.496 e. The first-order valence-corrected chi connectivity index (χ1v) is 9.78. The second-order valence-electron chi connectivity index (χ2n) is 6.10. The molecule has 28 heavy (non-hydrogen) atoms. The van der Waals surface area contributed by atoms with Crippen LogP contribution in [0.2, 0.25) is 0 Å². The number of methoxy groups -OCH3 is 1. The highest BCUT2D eigenvalue weighted by molar-refractivity contribution is 7.07. The Morgan fingerprint density at radius 2 is 2.07 bits per heavy atom. The lowest BCUT2D eigenvalue weighted by Gasteiger charge is -2.26. The van der Waals surface area contributed by atoms with E-state index in [1.54, 1.807) is 18.1 Å². The molecule has 8 heteroatoms. The number of para-hydroxylation sites is 1. The van der Waals surface area contributed by atoms with Gasteiger partial charge in [0.25, 0.3) is 11.5 Å². The molecule has 1 aromatic heterocycles. The average molecular weight is 399 g/mol. The maximum atomic E-state index is 12.9. The third-order valence-electron chi connectivity index (χ3n) is 4.49. The fraction of sp³-hybridized carbons (Fsp3) is 0.350. The Balaban J connectivity index is 2.19. The number of carbonyl (C=O) groups is 1. The average Bonchev–Trinajstić information content (AvgIpc) is 3.04. The van der Waals surface area contributed by atoms with Gasteiger partial charge in [-0.25, -0.2) is 0 Å². The zero-order valence-electron chi connectivity index (χ0n) is 15.8. The first kappa shape index (κ1) is 19.9. The number of nitriles is 1. The van der Waals surface area contributed by atoms with Crippen molar-refractivity contribution in [1.82, 2.24) is 9.47 Å². The minimum atomic E-state index is -0.363. The van der Waals surface area contributed by atoms with Crippen molar-refractivity contribution < 1.29 is 14.3 Å². The minimum absolute atomic E-state index is 0.00877. The van der Waals surface area contributed by atoms with E-state index in [0.717, 1.165) is 16.9 Å². The quantitative estimate of drug-likeness (QED) is 0.738. The second-order valence-corrected chi connectivity index (χ2v) is 7.13. The van der Waals surface area contributed by atoms with E-state index >= 15 is 0 Å². The summed E-state index contributed by atoms with van der Waals surface area (Å²) >= 11 is 1.15. The van der Waals surface area contributed by atoms with Crippen LogP contribution in [-0.2, 0) is 16.1 Å². The van der Waals surface area contributed by atoms with Crippen molar-refractivity contribution >= 4 is 28.9 Å². The Kier molecular flexibility index (Phi) is 6.29. The van der Waals surface area contributed by atoms with Crippen molar-refractivity contribution in [3.8, 4) is 11.8 Å². The lowest BCUT2D eigenvalue weighted by molar-refractivity contribution is -0.128. The van der Waals surface area contributed by atoms with Gasteiger partial charge in [0.15, 0.2) is 5.57 Å². The summed E-state index contributed by atoms with van der Waals surface area (Å²) < 4.78 is 12.9. The summed E-state index contributed by atoms with van der Waals surface area (Å²) in [4.78, 5) is 27.3. The molecule has 0 bridgehead atoms. The number of hydrogen-bond acceptors (Lipinski definition) is 6. The van der Waals surface area contributed by atoms with Crippen LogP contribution in [0.5, 0.6) is 5.75 Å². The highest BCUT2D eigenvalue weighted by Gasteiger charge is 2.23. The molecule has 2 aromatic rings. The van der Waals surface area contributed by atoms with Gasteiger partial charge in [-0.1, -0.05) is 18.2 Å². The van der Waals surface area contributed by atoms with Crippen LogP contribution >= 0.6 is 11.3 Å². The zero-order valence-corrected chi connectivity index (χ0v) is 16.6. The van der Waals surface area contributed by atoms with Gasteiger partial charge >= 0.3 is 0 Å². The first-order valence-electron chi connectivity index (χ1n) is 8.96. The lowest BCUT2D eigenvalue weighted by atomic mass is 10.2. The molecule has 0 aliphatic carbocycles. The van der Waals surface area contributed by atoms with Crippen molar-refractivity contribution in [3.63, 3.8) is 0 Å². The van der Waals surface area contributed by atoms with Gasteiger partial charge in [-0.15, -0.1) is 11.3 Å². The van der Waals surface area contributed by atoms with Crippen molar-refractivity contribution in [2.45, 2.75) is 13.5 Å². The lowest BCUT2D eigenvalue weighted by Crippen LogP contribution is -2.42. The third kappa shape index (κ3) is 3.86. The fourth-order valence-electron chi connectivity index (χ4n) is 3.03. The number of carbonyl (C=O) groups excluding carboxylic acids is 1. The predicted octanol–water partition coefficient (Wildman–Crippen LogP) is 0.300. The van der Waals surface area contributed by atoms with Gasteiger partial charge in [0, 0.05) is 25.2 Å². The molecule has 2 heterocycles. The monoisotopic (exact) mass is 399 g/mol. The van der Waals surface area contributed by atoms with Gasteiger partial charge in [-0.3, -0.25) is 14.2 Å². The van der Waals surface area contributed by atoms with E-state index < -0.39 is 0 Å². The number of amides is 1. The topological polar surface area (TPSA) is 84.6 Å². The van der Waals surface area contributed by atoms with E-state index in [0.29, 0.717) is 47.8 Å². The molecule has 1 amide bonds. The zero-order chi connectivity index (χ0) is 20.1. The standard InChI is InChI=1S/C20H21N3O4S/c1-3-23-19(25)17(12-14-6-4-5-7-16(14)26-2)28-20(23)15(13-21)18(24)22-8-10-27-11-9-22/h4-7,12H,3,8-11H2,1-2H3/b17-12-,20-15-. The highest BCUT2D eigenvalue weighted by atomic mass is 32.1. The molecule has 0 saturated carbocycles. The van der Waals surface area contributed by atoms with E-state index in [-0.39, 0.29) is 17.0 Å². The van der Waals surface area contributed by atoms with Crippen molar-refractivity contribution in [1.29, 1.82) is 5.26 Å². The molecule has 1 aliphatic heterocycles. The summed E-state index contributed by atoms with van der Waals surface area (Å²) in [6.07, 6.45) is 1.73. The van der Waals surface area contributed by atoms with Crippen LogP contribution in [0.4, 0.5) is 0 Å². The van der Waals surface area contributed by atoms with Gasteiger partial charge in [0.1, 0.15) is 16.5 Å². The SMILES string of the molecule is CCn1c(=O)/c(=C/c2ccccc2OC)s/c1=C(/C#N)C(=O)N1CCOCC1. The molecule has 1 fully saturated rings. The molecule has 0 N–H and O–H groups in total. The molecule has 3 rings (SSSR count). The Morgan fingerprint density at radius 3 is 2.71 bits per heavy atom. The molecule has 0 spiro atoms. The molecule has 0 atom stereocenters. The first-order chi connectivity index (χ1) is 13.6. The molecule has 146 valence electrons. The number of benzene rings is 1. The summed E-state index contributed by atoms with van der Waals surface area (Å²) in [5, 5.41) is 9.67. The predicted molar refractivity (Wildman–Crippen MR) is 106 cm³/mol. The summed E-state index contributed by atoms with van der Waals surface area (Å²) in [5.41, 5.74) is 0.526. The van der Waals surface area contributed by atoms with Crippen LogP contribution in [-0.4, -0.2) is 48.8 Å². The van der Waals surface area contributed by atoms with E-state index in [2.05, 4.69) is 0 Å². The van der Waals surface area contributed by atoms with E-state index in [1.165, 1.54) is 4.57 Å². The number of morpholine rings is 1. The van der Waals surface area contributed by atoms with Crippen LogP contribution in [0.1, 0.15) is 12.5 Å². The summed E-state index contributed by atoms with van der Waals surface area (Å²) in [5.74, 6) is 0.284. The van der Waals surface area contributed by atoms with Gasteiger partial charge < -0.3 is 14.4 Å². The third-order valence-corrected chi connectivity index (χ3v) is 5.62. The summed E-state index contributed by atoms with van der Waals surface area (Å²) in [7, 11) is 1.57. The van der Waals surface area contributed by atoms with E-state index in [9.17, 15) is 14.9 Å². The maximum absolute atomic E-state index is 12.9. The van der Waals surface area contributed by atoms with Crippen LogP contribution < -0.4 is 19.5 Å². The maximum Gasteiger partial charge on any atom is 0.269 e. The molecule has 0 unspecified atom stereocenters. The number of aromatic nitrogens is 1. The normalized spacial score (nSPS) is 15.9. The Hall–Kier alpha value is -2.89. The highest BCUT2D eigenvalue weighted by Crippen LogP contribution is 2.17. The van der Waals surface area contributed by atoms with Crippen molar-refractivity contribution in [3.05, 3.63) is 49.4 Å². The summed E-state index contributed by atoms with van der Waals surface area (Å²) in [6.45, 7) is 3.95. The van der Waals surface area contributed by atoms with Gasteiger partial charge in [0.2, 0.25) is 0 Å². The number of rotatable bonds is 4. The van der Waals surface area contributed by atoms with Crippen LogP contribution in [0.25, 0.3) is 11.6 Å². The number of ether oxygens (including phenoxy) is 2. The largest absolute Gasteiger partial charge is 0.496 e. The van der Waals surface area contributed by atoms with Gasteiger partial charge in [0.05, 0.1) is 24.9 Å². The number of thiazole rings is 1. The molecule has 1 aromatic carbocycles. The Morgan fingerprint density at radius 1 is 1.36 bits per heavy atom. The Bertz CT molecular complexity index is 1090. The molecule has 7 nitrogen and oxygen atoms in total. The number of hydrogen-bond donors (Lipinski definition) is 0. The van der Waals surface area contributed by atoms with Gasteiger partial charge in [-0.2, -0.15) is 5.26 Å². The van der Waals surface area contributed by atoms with E-state index in [1.807, 2.05) is 37.3 Å². The van der Waals surface area contributed by atoms with Crippen LogP contribution in [0.3, 0.4) is 0 Å². The number of nitrogens with zero attached hydrogens (tertiary/aromatic N) is 3. The fourth-order valence-corrected chi connectivity index (χ4v) is 4.18. The molecular formula is C20H21N3O4S. The Labute approximate surface area is 166 Å². The second kappa shape index (κ2) is 8.87. The van der Waals surface area contributed by atoms with Gasteiger partial charge in [-0.05, 0) is 19.1 Å². The van der Waals surface area contributed by atoms with E-state index in [4.69, 9.17) is 9.47 Å². The van der Waals surface area contributed by atoms with Crippen LogP contribution in [0, 0.1) is 11.3 Å². The van der Waals surface area contributed by atoms with Crippen molar-refractivity contribution in [2.75, 3.05) is 33.4 Å². The molecule has 0 radical (unpaired) electrons. The molecule has 1 aliphatic rings. The molecular weight excluding hydrogens is 378 g/mol. The summed E-state index contributed by atoms with van der Waals surface area (Å²) in [6, 6.07) is 9.38.